The van der Waals surface area contributed by atoms with Crippen molar-refractivity contribution in [3.8, 4) is 6.07 Å². The van der Waals surface area contributed by atoms with E-state index in [9.17, 15) is 4.79 Å². The van der Waals surface area contributed by atoms with Crippen molar-refractivity contribution in [3.63, 3.8) is 0 Å². The van der Waals surface area contributed by atoms with Crippen LogP contribution in [0.5, 0.6) is 0 Å². The van der Waals surface area contributed by atoms with Gasteiger partial charge < -0.3 is 5.32 Å². The van der Waals surface area contributed by atoms with Gasteiger partial charge in [0.15, 0.2) is 0 Å². The maximum atomic E-state index is 11.9. The first-order valence-corrected chi connectivity index (χ1v) is 5.64. The minimum absolute atomic E-state index is 0.257. The molecule has 18 heavy (non-hydrogen) atoms. The van der Waals surface area contributed by atoms with Gasteiger partial charge in [0.1, 0.15) is 0 Å². The Hall–Kier alpha value is -2.31. The molecule has 0 fully saturated rings. The quantitative estimate of drug-likeness (QED) is 0.895. The SMILES string of the molecule is N#Cc1cccc(NC(=O)c2cccc(Cl)c2)c1. The minimum atomic E-state index is -0.257. The number of halogens is 1. The summed E-state index contributed by atoms with van der Waals surface area (Å²) in [5.74, 6) is -0.257. The maximum absolute atomic E-state index is 11.9. The molecule has 0 saturated carbocycles. The van der Waals surface area contributed by atoms with Gasteiger partial charge in [-0.25, -0.2) is 0 Å². The van der Waals surface area contributed by atoms with Crippen molar-refractivity contribution in [2.75, 3.05) is 5.32 Å². The molecule has 2 aromatic rings. The zero-order chi connectivity index (χ0) is 13.0. The van der Waals surface area contributed by atoms with Crippen molar-refractivity contribution in [1.29, 1.82) is 5.26 Å². The van der Waals surface area contributed by atoms with Crippen molar-refractivity contribution in [2.45, 2.75) is 0 Å². The maximum Gasteiger partial charge on any atom is 0.255 e. The summed E-state index contributed by atoms with van der Waals surface area (Å²) < 4.78 is 0. The molecule has 3 nitrogen and oxygen atoms in total. The molecule has 0 aromatic heterocycles. The van der Waals surface area contributed by atoms with Crippen LogP contribution in [-0.4, -0.2) is 5.91 Å². The number of rotatable bonds is 2. The first-order valence-electron chi connectivity index (χ1n) is 5.26. The van der Waals surface area contributed by atoms with Crippen LogP contribution in [-0.2, 0) is 0 Å². The Labute approximate surface area is 110 Å². The van der Waals surface area contributed by atoms with Crippen molar-refractivity contribution in [3.05, 3.63) is 64.7 Å². The van der Waals surface area contributed by atoms with Crippen LogP contribution >= 0.6 is 11.6 Å². The second-order valence-electron chi connectivity index (χ2n) is 3.66. The highest BCUT2D eigenvalue weighted by atomic mass is 35.5. The first kappa shape index (κ1) is 12.2. The van der Waals surface area contributed by atoms with Crippen LogP contribution in [0.1, 0.15) is 15.9 Å². The number of nitriles is 1. The molecular weight excluding hydrogens is 248 g/mol. The average Bonchev–Trinajstić information content (AvgIpc) is 2.39. The number of nitrogens with zero attached hydrogens (tertiary/aromatic N) is 1. The molecule has 1 N–H and O–H groups in total. The van der Waals surface area contributed by atoms with E-state index < -0.39 is 0 Å². The van der Waals surface area contributed by atoms with E-state index in [1.807, 2.05) is 6.07 Å². The molecule has 0 unspecified atom stereocenters. The van der Waals surface area contributed by atoms with Crippen LogP contribution < -0.4 is 5.32 Å². The predicted molar refractivity (Wildman–Crippen MR) is 70.6 cm³/mol. The average molecular weight is 257 g/mol. The minimum Gasteiger partial charge on any atom is -0.322 e. The van der Waals surface area contributed by atoms with Gasteiger partial charge in [-0.15, -0.1) is 0 Å². The molecule has 2 aromatic carbocycles. The molecule has 0 aliphatic heterocycles. The van der Waals surface area contributed by atoms with Crippen LogP contribution in [0.3, 0.4) is 0 Å². The molecule has 1 amide bonds. The number of carbonyl (C=O) groups is 1. The van der Waals surface area contributed by atoms with E-state index in [2.05, 4.69) is 5.32 Å². The number of carbonyl (C=O) groups excluding carboxylic acids is 1. The van der Waals surface area contributed by atoms with Gasteiger partial charge in [0.2, 0.25) is 0 Å². The molecule has 0 saturated heterocycles. The van der Waals surface area contributed by atoms with E-state index in [-0.39, 0.29) is 5.91 Å². The van der Waals surface area contributed by atoms with Crippen LogP contribution in [0.4, 0.5) is 5.69 Å². The van der Waals surface area contributed by atoms with Crippen LogP contribution in [0.15, 0.2) is 48.5 Å². The van der Waals surface area contributed by atoms with Crippen LogP contribution in [0.25, 0.3) is 0 Å². The van der Waals surface area contributed by atoms with Gasteiger partial charge in [-0.3, -0.25) is 4.79 Å². The van der Waals surface area contributed by atoms with Gasteiger partial charge in [0.05, 0.1) is 11.6 Å². The van der Waals surface area contributed by atoms with Gasteiger partial charge in [-0.05, 0) is 36.4 Å². The van der Waals surface area contributed by atoms with E-state index in [0.29, 0.717) is 21.8 Å². The molecule has 0 radical (unpaired) electrons. The lowest BCUT2D eigenvalue weighted by molar-refractivity contribution is 0.102. The molecule has 2 rings (SSSR count). The Kier molecular flexibility index (Phi) is 3.61. The summed E-state index contributed by atoms with van der Waals surface area (Å²) >= 11 is 5.82. The number of hydrogen-bond acceptors (Lipinski definition) is 2. The Bertz CT molecular complexity index is 632. The lowest BCUT2D eigenvalue weighted by Gasteiger charge is -2.05. The third kappa shape index (κ3) is 2.88. The molecule has 4 heteroatoms. The summed E-state index contributed by atoms with van der Waals surface area (Å²) in [6, 6.07) is 15.4. The number of nitrogens with one attached hydrogen (secondary N) is 1. The normalized spacial score (nSPS) is 9.56. The van der Waals surface area contributed by atoms with Crippen LogP contribution in [0, 0.1) is 11.3 Å². The molecule has 0 heterocycles. The lowest BCUT2D eigenvalue weighted by Crippen LogP contribution is -2.11. The zero-order valence-electron chi connectivity index (χ0n) is 9.35. The molecule has 0 aliphatic carbocycles. The Morgan fingerprint density at radius 2 is 1.94 bits per heavy atom. The third-order valence-corrected chi connectivity index (χ3v) is 2.57. The van der Waals surface area contributed by atoms with E-state index in [0.717, 1.165) is 0 Å². The number of anilines is 1. The zero-order valence-corrected chi connectivity index (χ0v) is 10.1. The summed E-state index contributed by atoms with van der Waals surface area (Å²) in [5.41, 5.74) is 1.56. The smallest absolute Gasteiger partial charge is 0.255 e. The Morgan fingerprint density at radius 3 is 2.67 bits per heavy atom. The van der Waals surface area contributed by atoms with Gasteiger partial charge >= 0.3 is 0 Å². The monoisotopic (exact) mass is 256 g/mol. The number of amides is 1. The fraction of sp³-hybridized carbons (Fsp3) is 0. The second-order valence-corrected chi connectivity index (χ2v) is 4.09. The fourth-order valence-corrected chi connectivity index (χ4v) is 1.69. The molecule has 0 spiro atoms. The van der Waals surface area contributed by atoms with Gasteiger partial charge in [0.25, 0.3) is 5.91 Å². The summed E-state index contributed by atoms with van der Waals surface area (Å²) in [6.45, 7) is 0. The van der Waals surface area contributed by atoms with E-state index in [4.69, 9.17) is 16.9 Å². The largest absolute Gasteiger partial charge is 0.322 e. The summed E-state index contributed by atoms with van der Waals surface area (Å²) in [5, 5.41) is 12.0. The lowest BCUT2D eigenvalue weighted by atomic mass is 10.2. The van der Waals surface area contributed by atoms with Gasteiger partial charge in [-0.2, -0.15) is 5.26 Å². The topological polar surface area (TPSA) is 52.9 Å². The van der Waals surface area contributed by atoms with Crippen molar-refractivity contribution in [1.82, 2.24) is 0 Å². The summed E-state index contributed by atoms with van der Waals surface area (Å²) in [7, 11) is 0. The number of hydrogen-bond donors (Lipinski definition) is 1. The van der Waals surface area contributed by atoms with E-state index >= 15 is 0 Å². The highest BCUT2D eigenvalue weighted by molar-refractivity contribution is 6.31. The van der Waals surface area contributed by atoms with Crippen molar-refractivity contribution in [2.24, 2.45) is 0 Å². The Balaban J connectivity index is 2.19. The molecule has 0 atom stereocenters. The molecular formula is C14H9ClN2O. The van der Waals surface area contributed by atoms with Crippen molar-refractivity contribution < 1.29 is 4.79 Å². The highest BCUT2D eigenvalue weighted by Gasteiger charge is 2.06. The predicted octanol–water partition coefficient (Wildman–Crippen LogP) is 3.46. The molecule has 0 aliphatic rings. The van der Waals surface area contributed by atoms with Gasteiger partial charge in [-0.1, -0.05) is 23.7 Å². The van der Waals surface area contributed by atoms with Crippen LogP contribution in [0.2, 0.25) is 5.02 Å². The van der Waals surface area contributed by atoms with E-state index in [1.165, 1.54) is 0 Å². The number of benzene rings is 2. The molecule has 88 valence electrons. The Morgan fingerprint density at radius 1 is 1.17 bits per heavy atom. The fourth-order valence-electron chi connectivity index (χ4n) is 1.50. The summed E-state index contributed by atoms with van der Waals surface area (Å²) in [4.78, 5) is 11.9. The van der Waals surface area contributed by atoms with Gasteiger partial charge in [0, 0.05) is 16.3 Å². The third-order valence-electron chi connectivity index (χ3n) is 2.34. The molecule has 0 bridgehead atoms. The highest BCUT2D eigenvalue weighted by Crippen LogP contribution is 2.14. The van der Waals surface area contributed by atoms with E-state index in [1.54, 1.807) is 48.5 Å². The first-order chi connectivity index (χ1) is 8.69. The van der Waals surface area contributed by atoms with Crippen molar-refractivity contribution >= 4 is 23.2 Å². The standard InChI is InChI=1S/C14H9ClN2O/c15-12-5-2-4-11(8-12)14(18)17-13-6-1-3-10(7-13)9-16/h1-8H,(H,17,18). The second kappa shape index (κ2) is 5.35. The summed E-state index contributed by atoms with van der Waals surface area (Å²) in [6.07, 6.45) is 0.